The second-order valence-corrected chi connectivity index (χ2v) is 16.4. The molecule has 0 aliphatic carbocycles. The average Bonchev–Trinajstić information content (AvgIpc) is 2.95. The van der Waals surface area contributed by atoms with E-state index >= 15 is 0 Å². The number of hydrogen-bond acceptors (Lipinski definition) is 4. The van der Waals surface area contributed by atoms with Crippen molar-refractivity contribution in [3.8, 4) is 0 Å². The molecule has 0 aromatic heterocycles. The Labute approximate surface area is 272 Å². The van der Waals surface area contributed by atoms with Crippen LogP contribution in [0.2, 0.25) is 10.0 Å². The molecule has 44 heavy (non-hydrogen) atoms. The molecule has 1 saturated heterocycles. The molecular formula is C35H42Cl2N2O4S. The zero-order valence-electron chi connectivity index (χ0n) is 26.2. The third-order valence-corrected chi connectivity index (χ3v) is 11.5. The van der Waals surface area contributed by atoms with Crippen molar-refractivity contribution in [1.29, 1.82) is 0 Å². The number of anilines is 1. The van der Waals surface area contributed by atoms with Gasteiger partial charge in [-0.15, -0.1) is 0 Å². The van der Waals surface area contributed by atoms with E-state index in [2.05, 4.69) is 5.32 Å². The molecular weight excluding hydrogens is 615 g/mol. The largest absolute Gasteiger partial charge is 0.330 e. The van der Waals surface area contributed by atoms with Gasteiger partial charge < -0.3 is 10.2 Å². The molecule has 4 rings (SSSR count). The average molecular weight is 658 g/mol. The molecule has 1 heterocycles. The lowest BCUT2D eigenvalue weighted by molar-refractivity contribution is -0.157. The summed E-state index contributed by atoms with van der Waals surface area (Å²) in [6.45, 7) is 11.0. The van der Waals surface area contributed by atoms with Crippen LogP contribution >= 0.6 is 23.2 Å². The minimum atomic E-state index is -3.54. The van der Waals surface area contributed by atoms with Gasteiger partial charge in [-0.2, -0.15) is 0 Å². The first-order valence-electron chi connectivity index (χ1n) is 15.0. The number of carbonyl (C=O) groups excluding carboxylic acids is 2. The lowest BCUT2D eigenvalue weighted by Gasteiger charge is -2.53. The summed E-state index contributed by atoms with van der Waals surface area (Å²) in [6, 6.07) is 21.3. The van der Waals surface area contributed by atoms with Crippen LogP contribution in [-0.2, 0) is 19.4 Å². The molecule has 1 fully saturated rings. The summed E-state index contributed by atoms with van der Waals surface area (Å²) in [6.07, 6.45) is 0.293. The maximum atomic E-state index is 14.9. The zero-order valence-corrected chi connectivity index (χ0v) is 28.5. The van der Waals surface area contributed by atoms with Gasteiger partial charge >= 0.3 is 0 Å². The third-order valence-electron chi connectivity index (χ3n) is 8.72. The number of halogens is 2. The molecule has 0 radical (unpaired) electrons. The van der Waals surface area contributed by atoms with Crippen LogP contribution in [0.3, 0.4) is 0 Å². The van der Waals surface area contributed by atoms with Crippen LogP contribution in [0.15, 0.2) is 72.8 Å². The predicted molar refractivity (Wildman–Crippen MR) is 180 cm³/mol. The van der Waals surface area contributed by atoms with Gasteiger partial charge in [0.25, 0.3) is 0 Å². The molecule has 2 amide bonds. The Kier molecular flexibility index (Phi) is 10.5. The highest BCUT2D eigenvalue weighted by molar-refractivity contribution is 7.92. The first-order valence-corrected chi connectivity index (χ1v) is 17.5. The molecule has 6 nitrogen and oxygen atoms in total. The number of likely N-dealkylation sites (tertiary alicyclic amines) is 1. The van der Waals surface area contributed by atoms with Gasteiger partial charge in [-0.1, -0.05) is 85.9 Å². The van der Waals surface area contributed by atoms with E-state index < -0.39 is 32.6 Å². The predicted octanol–water partition coefficient (Wildman–Crippen LogP) is 8.24. The van der Waals surface area contributed by atoms with Crippen LogP contribution in [0.4, 0.5) is 5.69 Å². The number of aryl methyl sites for hydroxylation is 1. The van der Waals surface area contributed by atoms with Gasteiger partial charge in [-0.3, -0.25) is 9.59 Å². The van der Waals surface area contributed by atoms with Crippen molar-refractivity contribution >= 4 is 50.5 Å². The SMILES string of the molecule is Cc1ccc(NC(=O)C[C@@]2(C)C[C@H](c3cccc(Cl)c3)[C@@H](c3ccc(Cl)cc3)N([C@H](CS(=O)(=O)C(C)C)C(C)C)C2=O)cc1. The molecule has 4 atom stereocenters. The van der Waals surface area contributed by atoms with E-state index in [1.165, 1.54) is 0 Å². The van der Waals surface area contributed by atoms with Crippen molar-refractivity contribution in [2.45, 2.75) is 77.6 Å². The normalized spacial score (nSPS) is 21.5. The van der Waals surface area contributed by atoms with E-state index in [4.69, 9.17) is 23.2 Å². The van der Waals surface area contributed by atoms with Crippen LogP contribution < -0.4 is 5.32 Å². The lowest BCUT2D eigenvalue weighted by atomic mass is 9.66. The second-order valence-electron chi connectivity index (χ2n) is 12.9. The summed E-state index contributed by atoms with van der Waals surface area (Å²) in [7, 11) is -3.54. The van der Waals surface area contributed by atoms with Crippen molar-refractivity contribution in [3.63, 3.8) is 0 Å². The van der Waals surface area contributed by atoms with Gasteiger partial charge in [0, 0.05) is 34.1 Å². The molecule has 3 aromatic carbocycles. The van der Waals surface area contributed by atoms with Crippen molar-refractivity contribution in [2.24, 2.45) is 11.3 Å². The van der Waals surface area contributed by atoms with E-state index in [1.807, 2.05) is 82.3 Å². The summed E-state index contributed by atoms with van der Waals surface area (Å²) >= 11 is 12.8. The van der Waals surface area contributed by atoms with Crippen LogP contribution in [0.1, 0.15) is 76.1 Å². The fraction of sp³-hybridized carbons (Fsp3) is 0.429. The number of sulfone groups is 1. The maximum absolute atomic E-state index is 14.9. The van der Waals surface area contributed by atoms with Gasteiger partial charge in [0.15, 0.2) is 9.84 Å². The van der Waals surface area contributed by atoms with E-state index in [0.29, 0.717) is 22.2 Å². The number of amides is 2. The van der Waals surface area contributed by atoms with Crippen molar-refractivity contribution in [3.05, 3.63) is 99.5 Å². The standard InChI is InChI=1S/C35H42Cl2N2O4S/c1-22(2)31(21-44(42,43)23(3)4)39-33(25-12-14-27(36)15-13-25)30(26-8-7-9-28(37)18-26)19-35(6,34(39)41)20-32(40)38-29-16-10-24(5)11-17-29/h7-18,22-23,30-31,33H,19-21H2,1-6H3,(H,38,40)/t30-,31-,33-,35-/m1/s1. The van der Waals surface area contributed by atoms with Gasteiger partial charge in [-0.05, 0) is 80.6 Å². The maximum Gasteiger partial charge on any atom is 0.229 e. The number of benzene rings is 3. The molecule has 0 spiro atoms. The third kappa shape index (κ3) is 7.67. The molecule has 236 valence electrons. The fourth-order valence-corrected chi connectivity index (χ4v) is 7.86. The highest BCUT2D eigenvalue weighted by Crippen LogP contribution is 2.52. The zero-order chi connectivity index (χ0) is 32.4. The monoisotopic (exact) mass is 656 g/mol. The Balaban J connectivity index is 1.87. The first kappa shape index (κ1) is 34.0. The summed E-state index contributed by atoms with van der Waals surface area (Å²) < 4.78 is 26.8. The van der Waals surface area contributed by atoms with Crippen LogP contribution in [0.25, 0.3) is 0 Å². The van der Waals surface area contributed by atoms with Gasteiger partial charge in [0.2, 0.25) is 11.8 Å². The number of piperidine rings is 1. The van der Waals surface area contributed by atoms with Crippen molar-refractivity contribution < 1.29 is 18.0 Å². The molecule has 3 aromatic rings. The van der Waals surface area contributed by atoms with E-state index in [0.717, 1.165) is 16.7 Å². The summed E-state index contributed by atoms with van der Waals surface area (Å²) in [5.41, 5.74) is 2.35. The Morgan fingerprint density at radius 1 is 0.955 bits per heavy atom. The summed E-state index contributed by atoms with van der Waals surface area (Å²) in [5, 5.41) is 3.47. The number of nitrogens with zero attached hydrogens (tertiary/aromatic N) is 1. The highest BCUT2D eigenvalue weighted by Gasteiger charge is 2.53. The fourth-order valence-electron chi connectivity index (χ4n) is 6.13. The molecule has 1 N–H and O–H groups in total. The molecule has 1 aliphatic heterocycles. The van der Waals surface area contributed by atoms with Crippen molar-refractivity contribution in [2.75, 3.05) is 11.1 Å². The molecule has 0 bridgehead atoms. The second kappa shape index (κ2) is 13.6. The Morgan fingerprint density at radius 3 is 2.16 bits per heavy atom. The number of rotatable bonds is 10. The van der Waals surface area contributed by atoms with Crippen LogP contribution in [0, 0.1) is 18.3 Å². The topological polar surface area (TPSA) is 83.6 Å². The number of nitrogens with one attached hydrogen (secondary N) is 1. The van der Waals surface area contributed by atoms with E-state index in [9.17, 15) is 18.0 Å². The summed E-state index contributed by atoms with van der Waals surface area (Å²) in [5.74, 6) is -1.19. The lowest BCUT2D eigenvalue weighted by Crippen LogP contribution is -2.59. The quantitative estimate of drug-likeness (QED) is 0.238. The van der Waals surface area contributed by atoms with Crippen LogP contribution in [-0.4, -0.2) is 42.2 Å². The number of carbonyl (C=O) groups is 2. The molecule has 9 heteroatoms. The summed E-state index contributed by atoms with van der Waals surface area (Å²) in [4.78, 5) is 30.2. The highest BCUT2D eigenvalue weighted by atomic mass is 35.5. The van der Waals surface area contributed by atoms with Crippen molar-refractivity contribution in [1.82, 2.24) is 4.90 Å². The Morgan fingerprint density at radius 2 is 1.59 bits per heavy atom. The molecule has 1 aliphatic rings. The van der Waals surface area contributed by atoms with E-state index in [1.54, 1.807) is 36.9 Å². The molecule has 0 saturated carbocycles. The first-order chi connectivity index (χ1) is 20.6. The smallest absolute Gasteiger partial charge is 0.229 e. The van der Waals surface area contributed by atoms with E-state index in [-0.39, 0.29) is 35.8 Å². The van der Waals surface area contributed by atoms with Gasteiger partial charge in [-0.25, -0.2) is 8.42 Å². The van der Waals surface area contributed by atoms with Crippen LogP contribution in [0.5, 0.6) is 0 Å². The van der Waals surface area contributed by atoms with Gasteiger partial charge in [0.1, 0.15) is 0 Å². The minimum absolute atomic E-state index is 0.0671. The minimum Gasteiger partial charge on any atom is -0.330 e. The van der Waals surface area contributed by atoms with Gasteiger partial charge in [0.05, 0.1) is 22.5 Å². The molecule has 0 unspecified atom stereocenters. The number of hydrogen-bond donors (Lipinski definition) is 1. The Bertz CT molecular complexity index is 1590. The Hall–Kier alpha value is -2.87.